The lowest BCUT2D eigenvalue weighted by molar-refractivity contribution is -0.175. The number of hydrogen-bond acceptors (Lipinski definition) is 9. The molecule has 0 aromatic rings. The molecule has 1 unspecified atom stereocenters. The van der Waals surface area contributed by atoms with Crippen LogP contribution < -0.4 is 0 Å². The quantitative estimate of drug-likeness (QED) is 0.0351. The maximum absolute atomic E-state index is 13.8. The molecule has 0 aliphatic rings. The molecule has 0 radical (unpaired) electrons. The van der Waals surface area contributed by atoms with Crippen LogP contribution in [0.15, 0.2) is 0 Å². The molecule has 0 fully saturated rings. The lowest BCUT2D eigenvalue weighted by Gasteiger charge is -2.33. The van der Waals surface area contributed by atoms with Gasteiger partial charge in [-0.05, 0) is 65.6 Å². The molecule has 0 spiro atoms. The summed E-state index contributed by atoms with van der Waals surface area (Å²) in [5.74, 6) is -2.04. The molecular weight excluding hydrogens is 670 g/mol. The number of esters is 4. The number of hydrogen-bond donors (Lipinski definition) is 0. The first kappa shape index (κ1) is 50.8. The molecule has 0 saturated heterocycles. The molecule has 312 valence electrons. The molecule has 0 aromatic carbocycles. The van der Waals surface area contributed by atoms with E-state index in [2.05, 4.69) is 34.6 Å². The maximum Gasteiger partial charge on any atom is 0.308 e. The molecule has 0 amide bonds. The Morgan fingerprint density at radius 2 is 0.774 bits per heavy atom. The van der Waals surface area contributed by atoms with Crippen molar-refractivity contribution in [1.29, 1.82) is 0 Å². The summed E-state index contributed by atoms with van der Waals surface area (Å²) in [5, 5.41) is 0. The van der Waals surface area contributed by atoms with Crippen LogP contribution in [0.1, 0.15) is 189 Å². The van der Waals surface area contributed by atoms with Crippen molar-refractivity contribution in [1.82, 2.24) is 4.90 Å². The second-order valence-corrected chi connectivity index (χ2v) is 15.9. The van der Waals surface area contributed by atoms with Crippen LogP contribution in [0.5, 0.6) is 0 Å². The first-order valence-corrected chi connectivity index (χ1v) is 21.8. The monoisotopic (exact) mass is 754 g/mol. The second kappa shape index (κ2) is 33.2. The van der Waals surface area contributed by atoms with Gasteiger partial charge >= 0.3 is 23.9 Å². The van der Waals surface area contributed by atoms with Gasteiger partial charge in [0.2, 0.25) is 0 Å². The van der Waals surface area contributed by atoms with Crippen LogP contribution in [-0.4, -0.2) is 75.8 Å². The minimum Gasteiger partial charge on any atom is -0.465 e. The number of carbonyl (C=O) groups excluding carboxylic acids is 4. The number of rotatable bonds is 36. The Hall–Kier alpha value is -2.16. The van der Waals surface area contributed by atoms with Gasteiger partial charge in [-0.2, -0.15) is 0 Å². The van der Waals surface area contributed by atoms with E-state index in [0.717, 1.165) is 135 Å². The smallest absolute Gasteiger partial charge is 0.308 e. The van der Waals surface area contributed by atoms with Crippen molar-refractivity contribution >= 4 is 23.9 Å². The van der Waals surface area contributed by atoms with E-state index in [9.17, 15) is 19.2 Å². The highest BCUT2D eigenvalue weighted by Crippen LogP contribution is 2.28. The molecule has 0 aromatic heterocycles. The minimum absolute atomic E-state index is 0.182. The van der Waals surface area contributed by atoms with E-state index in [1.54, 1.807) is 0 Å². The van der Waals surface area contributed by atoms with Gasteiger partial charge in [0.15, 0.2) is 0 Å². The van der Waals surface area contributed by atoms with E-state index in [1.165, 1.54) is 0 Å². The van der Waals surface area contributed by atoms with E-state index >= 15 is 0 Å². The third kappa shape index (κ3) is 25.5. The molecular formula is C44H83NO8. The number of unbranched alkanes of at least 4 members (excludes halogenated alkanes) is 10. The Labute approximate surface area is 325 Å². The zero-order valence-electron chi connectivity index (χ0n) is 35.7. The average molecular weight is 754 g/mol. The first-order valence-electron chi connectivity index (χ1n) is 21.8. The Kier molecular flexibility index (Phi) is 31.8. The summed E-state index contributed by atoms with van der Waals surface area (Å²) in [6.07, 6.45) is 20.5. The highest BCUT2D eigenvalue weighted by molar-refractivity contribution is 5.74. The Bertz CT molecular complexity index is 878. The summed E-state index contributed by atoms with van der Waals surface area (Å²) in [4.78, 5) is 56.0. The number of ether oxygens (including phenoxy) is 4. The highest BCUT2D eigenvalue weighted by atomic mass is 16.6. The molecule has 0 bridgehead atoms. The zero-order valence-corrected chi connectivity index (χ0v) is 35.7. The van der Waals surface area contributed by atoms with Crippen molar-refractivity contribution in [2.45, 2.75) is 189 Å². The van der Waals surface area contributed by atoms with Crippen molar-refractivity contribution in [3.63, 3.8) is 0 Å². The van der Waals surface area contributed by atoms with Crippen LogP contribution in [0.25, 0.3) is 0 Å². The van der Waals surface area contributed by atoms with Gasteiger partial charge in [-0.25, -0.2) is 0 Å². The van der Waals surface area contributed by atoms with Gasteiger partial charge in [0.05, 0.1) is 17.8 Å². The van der Waals surface area contributed by atoms with E-state index in [-0.39, 0.29) is 74.5 Å². The van der Waals surface area contributed by atoms with E-state index in [4.69, 9.17) is 18.9 Å². The van der Waals surface area contributed by atoms with Gasteiger partial charge in [0.1, 0.15) is 31.8 Å². The molecule has 0 N–H and O–H groups in total. The maximum atomic E-state index is 13.8. The van der Waals surface area contributed by atoms with E-state index < -0.39 is 5.41 Å². The average Bonchev–Trinajstić information content (AvgIpc) is 3.14. The van der Waals surface area contributed by atoms with Crippen molar-refractivity contribution in [2.75, 3.05) is 47.1 Å². The fraction of sp³-hybridized carbons (Fsp3) is 0.909. The molecule has 0 heterocycles. The molecule has 9 nitrogen and oxygen atoms in total. The standard InChI is InChI=1S/C44H83NO8/c1-9-15-20-26-37(14-6)41(47)51-34-44(33-50-40(46)31-25-32-45(7)8,35-52-42(48)38(27-21-16-10-2)28-22-17-11-3)36-53-43(49)39(29-23-18-12-4)30-24-19-13-5/h37-39H,9-36H2,1-8H3. The molecule has 0 aliphatic heterocycles. The lowest BCUT2D eigenvalue weighted by Crippen LogP contribution is -2.45. The summed E-state index contributed by atoms with van der Waals surface area (Å²) in [5.41, 5.74) is -1.24. The fourth-order valence-corrected chi connectivity index (χ4v) is 6.57. The zero-order chi connectivity index (χ0) is 39.7. The van der Waals surface area contributed by atoms with Gasteiger partial charge in [0.25, 0.3) is 0 Å². The molecule has 0 saturated carbocycles. The van der Waals surface area contributed by atoms with Gasteiger partial charge < -0.3 is 23.8 Å². The summed E-state index contributed by atoms with van der Waals surface area (Å²) in [6, 6.07) is 0. The normalized spacial score (nSPS) is 12.4. The van der Waals surface area contributed by atoms with Crippen LogP contribution in [0.3, 0.4) is 0 Å². The Balaban J connectivity index is 6.49. The Morgan fingerprint density at radius 1 is 0.453 bits per heavy atom. The van der Waals surface area contributed by atoms with Crippen molar-refractivity contribution in [3.05, 3.63) is 0 Å². The molecule has 0 aliphatic carbocycles. The third-order valence-electron chi connectivity index (χ3n) is 10.4. The van der Waals surface area contributed by atoms with Crippen molar-refractivity contribution in [2.24, 2.45) is 23.2 Å². The van der Waals surface area contributed by atoms with Gasteiger partial charge in [-0.1, -0.05) is 138 Å². The third-order valence-corrected chi connectivity index (χ3v) is 10.4. The van der Waals surface area contributed by atoms with Gasteiger partial charge in [0, 0.05) is 6.42 Å². The van der Waals surface area contributed by atoms with Gasteiger partial charge in [-0.3, -0.25) is 19.2 Å². The van der Waals surface area contributed by atoms with Crippen molar-refractivity contribution in [3.8, 4) is 0 Å². The van der Waals surface area contributed by atoms with Crippen LogP contribution in [0.4, 0.5) is 0 Å². The molecule has 53 heavy (non-hydrogen) atoms. The molecule has 9 heteroatoms. The van der Waals surface area contributed by atoms with Gasteiger partial charge in [-0.15, -0.1) is 0 Å². The molecule has 1 atom stereocenters. The van der Waals surface area contributed by atoms with E-state index in [0.29, 0.717) is 12.8 Å². The largest absolute Gasteiger partial charge is 0.465 e. The lowest BCUT2D eigenvalue weighted by atomic mass is 9.90. The van der Waals surface area contributed by atoms with E-state index in [1.807, 2.05) is 25.9 Å². The molecule has 0 rings (SSSR count). The second-order valence-electron chi connectivity index (χ2n) is 15.9. The predicted octanol–water partition coefficient (Wildman–Crippen LogP) is 10.6. The van der Waals surface area contributed by atoms with Crippen LogP contribution >= 0.6 is 0 Å². The SMILES string of the molecule is CCCCCC(CC)C(=O)OCC(COC(=O)CCCN(C)C)(COC(=O)C(CCCCC)CCCCC)COC(=O)C(CCCCC)CCCCC. The summed E-state index contributed by atoms with van der Waals surface area (Å²) in [7, 11) is 3.91. The minimum atomic E-state index is -1.24. The Morgan fingerprint density at radius 3 is 1.09 bits per heavy atom. The topological polar surface area (TPSA) is 108 Å². The summed E-state index contributed by atoms with van der Waals surface area (Å²) in [6.45, 7) is 12.7. The number of nitrogens with zero attached hydrogens (tertiary/aromatic N) is 1. The van der Waals surface area contributed by atoms with Crippen LogP contribution in [0.2, 0.25) is 0 Å². The number of carbonyl (C=O) groups is 4. The van der Waals surface area contributed by atoms with Crippen molar-refractivity contribution < 1.29 is 38.1 Å². The summed E-state index contributed by atoms with van der Waals surface area (Å²) < 4.78 is 24.1. The highest BCUT2D eigenvalue weighted by Gasteiger charge is 2.39. The van der Waals surface area contributed by atoms with Crippen LogP contribution in [-0.2, 0) is 38.1 Å². The van der Waals surface area contributed by atoms with Crippen LogP contribution in [0, 0.1) is 23.2 Å². The predicted molar refractivity (Wildman–Crippen MR) is 216 cm³/mol. The summed E-state index contributed by atoms with van der Waals surface area (Å²) >= 11 is 0. The fourth-order valence-electron chi connectivity index (χ4n) is 6.57. The first-order chi connectivity index (χ1) is 25.5.